The summed E-state index contributed by atoms with van der Waals surface area (Å²) in [6.07, 6.45) is 4.57. The fourth-order valence-corrected chi connectivity index (χ4v) is 2.59. The summed E-state index contributed by atoms with van der Waals surface area (Å²) in [5.41, 5.74) is 0. The van der Waals surface area contributed by atoms with E-state index in [0.29, 0.717) is 26.2 Å². The van der Waals surface area contributed by atoms with E-state index in [2.05, 4.69) is 5.32 Å². The van der Waals surface area contributed by atoms with Gasteiger partial charge in [-0.25, -0.2) is 4.21 Å². The second-order valence-corrected chi connectivity index (χ2v) is 5.49. The number of rotatable bonds is 7. The first kappa shape index (κ1) is 15.6. The van der Waals surface area contributed by atoms with E-state index < -0.39 is 11.1 Å². The molecule has 2 atom stereocenters. The van der Waals surface area contributed by atoms with Gasteiger partial charge in [-0.2, -0.15) is 0 Å². The Balaban J connectivity index is 2.18. The highest BCUT2D eigenvalue weighted by atomic mass is 32.2. The van der Waals surface area contributed by atoms with Crippen LogP contribution in [0, 0.1) is 5.92 Å². The Morgan fingerprint density at radius 1 is 1.50 bits per heavy atom. The molecule has 1 heterocycles. The predicted molar refractivity (Wildman–Crippen MR) is 70.4 cm³/mol. The maximum absolute atomic E-state index is 11.8. The summed E-state index contributed by atoms with van der Waals surface area (Å²) in [6.45, 7) is 3.91. The number of amides is 1. The Bertz CT molecular complexity index is 279. The minimum atomic E-state index is -1.24. The third-order valence-corrected chi connectivity index (χ3v) is 3.63. The number of ether oxygens (including phenoxy) is 1. The highest BCUT2D eigenvalue weighted by Crippen LogP contribution is 2.14. The van der Waals surface area contributed by atoms with Gasteiger partial charge in [0.15, 0.2) is 11.1 Å². The van der Waals surface area contributed by atoms with Crippen molar-refractivity contribution in [3.05, 3.63) is 0 Å². The molecule has 1 N–H and O–H groups in total. The van der Waals surface area contributed by atoms with E-state index in [-0.39, 0.29) is 17.9 Å². The molecule has 0 aromatic heterocycles. The molecule has 0 aromatic carbocycles. The van der Waals surface area contributed by atoms with E-state index in [0.717, 1.165) is 19.3 Å². The van der Waals surface area contributed by atoms with Crippen molar-refractivity contribution in [3.63, 3.8) is 0 Å². The average molecular weight is 277 g/mol. The third-order valence-electron chi connectivity index (χ3n) is 3.08. The first-order valence-electron chi connectivity index (χ1n) is 6.49. The lowest BCUT2D eigenvalue weighted by molar-refractivity contribution is -0.127. The van der Waals surface area contributed by atoms with Crippen molar-refractivity contribution in [3.8, 4) is 0 Å². The molecule has 106 valence electrons. The van der Waals surface area contributed by atoms with Gasteiger partial charge in [0.25, 0.3) is 0 Å². The first-order valence-corrected chi connectivity index (χ1v) is 7.97. The van der Waals surface area contributed by atoms with Crippen molar-refractivity contribution >= 4 is 17.0 Å². The summed E-state index contributed by atoms with van der Waals surface area (Å²) < 4.78 is 21.4. The van der Waals surface area contributed by atoms with Gasteiger partial charge in [-0.05, 0) is 25.7 Å². The SMILES string of the molecule is CCC(CCNC(=O)C1CCOCC1)OS(C)=O. The summed E-state index contributed by atoms with van der Waals surface area (Å²) in [4.78, 5) is 11.8. The van der Waals surface area contributed by atoms with E-state index in [9.17, 15) is 9.00 Å². The molecule has 1 rings (SSSR count). The van der Waals surface area contributed by atoms with Crippen molar-refractivity contribution in [2.75, 3.05) is 26.0 Å². The topological polar surface area (TPSA) is 64.6 Å². The number of carbonyl (C=O) groups is 1. The lowest BCUT2D eigenvalue weighted by Crippen LogP contribution is -2.36. The van der Waals surface area contributed by atoms with Crippen LogP contribution in [0.1, 0.15) is 32.6 Å². The molecular formula is C12H23NO4S. The molecule has 0 saturated carbocycles. The highest BCUT2D eigenvalue weighted by molar-refractivity contribution is 7.79. The van der Waals surface area contributed by atoms with Crippen LogP contribution in [0.4, 0.5) is 0 Å². The average Bonchev–Trinajstić information content (AvgIpc) is 2.38. The van der Waals surface area contributed by atoms with Crippen LogP contribution in [0.25, 0.3) is 0 Å². The quantitative estimate of drug-likeness (QED) is 0.754. The molecular weight excluding hydrogens is 254 g/mol. The first-order chi connectivity index (χ1) is 8.63. The van der Waals surface area contributed by atoms with Crippen LogP contribution >= 0.6 is 0 Å². The molecule has 2 unspecified atom stereocenters. The Morgan fingerprint density at radius 3 is 2.72 bits per heavy atom. The fraction of sp³-hybridized carbons (Fsp3) is 0.917. The lowest BCUT2D eigenvalue weighted by atomic mass is 9.99. The highest BCUT2D eigenvalue weighted by Gasteiger charge is 2.21. The van der Waals surface area contributed by atoms with Crippen LogP contribution in [0.3, 0.4) is 0 Å². The second kappa shape index (κ2) is 8.61. The standard InChI is InChI=1S/C12H23NO4S/c1-3-11(17-18(2)15)4-7-13-12(14)10-5-8-16-9-6-10/h10-11H,3-9H2,1-2H3,(H,13,14). The number of nitrogens with one attached hydrogen (secondary N) is 1. The van der Waals surface area contributed by atoms with Crippen LogP contribution in [0.15, 0.2) is 0 Å². The maximum atomic E-state index is 11.8. The maximum Gasteiger partial charge on any atom is 0.223 e. The van der Waals surface area contributed by atoms with Crippen molar-refractivity contribution in [2.24, 2.45) is 5.92 Å². The molecule has 0 spiro atoms. The summed E-state index contributed by atoms with van der Waals surface area (Å²) in [7, 11) is 0. The largest absolute Gasteiger partial charge is 0.381 e. The molecule has 1 aliphatic heterocycles. The van der Waals surface area contributed by atoms with Gasteiger partial charge in [-0.3, -0.25) is 8.98 Å². The van der Waals surface area contributed by atoms with Crippen LogP contribution in [0.2, 0.25) is 0 Å². The van der Waals surface area contributed by atoms with Crippen LogP contribution in [-0.2, 0) is 24.8 Å². The van der Waals surface area contributed by atoms with Crippen molar-refractivity contribution in [1.82, 2.24) is 5.32 Å². The zero-order valence-corrected chi connectivity index (χ0v) is 12.0. The molecule has 1 aliphatic rings. The minimum absolute atomic E-state index is 0.0502. The summed E-state index contributed by atoms with van der Waals surface area (Å²) >= 11 is -1.24. The minimum Gasteiger partial charge on any atom is -0.381 e. The van der Waals surface area contributed by atoms with E-state index in [4.69, 9.17) is 8.92 Å². The van der Waals surface area contributed by atoms with Crippen molar-refractivity contribution < 1.29 is 17.9 Å². The number of carbonyl (C=O) groups excluding carboxylic acids is 1. The number of hydrogen-bond donors (Lipinski definition) is 1. The Hall–Kier alpha value is -0.460. The zero-order valence-electron chi connectivity index (χ0n) is 11.1. The van der Waals surface area contributed by atoms with Gasteiger partial charge in [0, 0.05) is 31.9 Å². The molecule has 1 amide bonds. The third kappa shape index (κ3) is 5.93. The Morgan fingerprint density at radius 2 is 2.17 bits per heavy atom. The van der Waals surface area contributed by atoms with Crippen LogP contribution in [-0.4, -0.2) is 42.2 Å². The van der Waals surface area contributed by atoms with Crippen LogP contribution in [0.5, 0.6) is 0 Å². The van der Waals surface area contributed by atoms with Gasteiger partial charge in [0.05, 0.1) is 6.10 Å². The van der Waals surface area contributed by atoms with Gasteiger partial charge >= 0.3 is 0 Å². The Kier molecular flexibility index (Phi) is 7.46. The van der Waals surface area contributed by atoms with Gasteiger partial charge < -0.3 is 10.1 Å². The fourth-order valence-electron chi connectivity index (χ4n) is 1.97. The lowest BCUT2D eigenvalue weighted by Gasteiger charge is -2.21. The number of hydrogen-bond acceptors (Lipinski definition) is 4. The van der Waals surface area contributed by atoms with E-state index in [1.807, 2.05) is 6.92 Å². The predicted octanol–water partition coefficient (Wildman–Crippen LogP) is 1.01. The van der Waals surface area contributed by atoms with E-state index in [1.54, 1.807) is 0 Å². The molecule has 0 aliphatic carbocycles. The van der Waals surface area contributed by atoms with Crippen molar-refractivity contribution in [1.29, 1.82) is 0 Å². The van der Waals surface area contributed by atoms with Crippen LogP contribution < -0.4 is 5.32 Å². The monoisotopic (exact) mass is 277 g/mol. The Labute approximate surface area is 111 Å². The van der Waals surface area contributed by atoms with Crippen molar-refractivity contribution in [2.45, 2.75) is 38.7 Å². The van der Waals surface area contributed by atoms with E-state index in [1.165, 1.54) is 6.26 Å². The molecule has 0 aromatic rings. The molecule has 1 fully saturated rings. The molecule has 0 radical (unpaired) electrons. The molecule has 18 heavy (non-hydrogen) atoms. The smallest absolute Gasteiger partial charge is 0.223 e. The molecule has 6 heteroatoms. The zero-order chi connectivity index (χ0) is 13.4. The van der Waals surface area contributed by atoms with Gasteiger partial charge in [0.1, 0.15) is 0 Å². The normalized spacial score (nSPS) is 20.3. The van der Waals surface area contributed by atoms with E-state index >= 15 is 0 Å². The molecule has 0 bridgehead atoms. The van der Waals surface area contributed by atoms with Gasteiger partial charge in [-0.1, -0.05) is 6.92 Å². The summed E-state index contributed by atoms with van der Waals surface area (Å²) in [5.74, 6) is 0.186. The second-order valence-electron chi connectivity index (χ2n) is 4.49. The van der Waals surface area contributed by atoms with Gasteiger partial charge in [-0.15, -0.1) is 0 Å². The molecule has 1 saturated heterocycles. The molecule has 5 nitrogen and oxygen atoms in total. The summed E-state index contributed by atoms with van der Waals surface area (Å²) in [6, 6.07) is 0. The van der Waals surface area contributed by atoms with Gasteiger partial charge in [0.2, 0.25) is 5.91 Å². The summed E-state index contributed by atoms with van der Waals surface area (Å²) in [5, 5.41) is 2.92.